The summed E-state index contributed by atoms with van der Waals surface area (Å²) >= 11 is 0. The van der Waals surface area contributed by atoms with Crippen LogP contribution in [0.2, 0.25) is 0 Å². The number of esters is 1. The third kappa shape index (κ3) is 2.51. The van der Waals surface area contributed by atoms with Gasteiger partial charge in [-0.25, -0.2) is 4.79 Å². The van der Waals surface area contributed by atoms with Crippen molar-refractivity contribution in [3.05, 3.63) is 48.0 Å². The van der Waals surface area contributed by atoms with Gasteiger partial charge in [0.25, 0.3) is 0 Å². The van der Waals surface area contributed by atoms with Crippen molar-refractivity contribution in [1.29, 1.82) is 0 Å². The Balaban J connectivity index is 2.10. The van der Waals surface area contributed by atoms with E-state index >= 15 is 0 Å². The van der Waals surface area contributed by atoms with Gasteiger partial charge in [-0.05, 0) is 38.3 Å². The predicted octanol–water partition coefficient (Wildman–Crippen LogP) is 3.17. The number of rotatable bonds is 2. The van der Waals surface area contributed by atoms with Crippen LogP contribution in [-0.2, 0) is 19.1 Å². The number of carbonyl (C=O) groups is 2. The van der Waals surface area contributed by atoms with Gasteiger partial charge in [0.15, 0.2) is 5.78 Å². The van der Waals surface area contributed by atoms with Gasteiger partial charge < -0.3 is 9.47 Å². The molecule has 1 aromatic rings. The molecule has 2 heterocycles. The van der Waals surface area contributed by atoms with Crippen LogP contribution < -0.4 is 0 Å². The van der Waals surface area contributed by atoms with Gasteiger partial charge in [0, 0.05) is 6.42 Å². The van der Waals surface area contributed by atoms with Gasteiger partial charge in [0.05, 0.1) is 12.0 Å². The Morgan fingerprint density at radius 3 is 2.57 bits per heavy atom. The van der Waals surface area contributed by atoms with Crippen LogP contribution in [0.15, 0.2) is 42.5 Å². The Kier molecular flexibility index (Phi) is 3.68. The topological polar surface area (TPSA) is 52.6 Å². The minimum absolute atomic E-state index is 0.212. The molecular weight excluding hydrogens is 292 g/mol. The first-order chi connectivity index (χ1) is 10.8. The average molecular weight is 314 g/mol. The summed E-state index contributed by atoms with van der Waals surface area (Å²) in [5.41, 5.74) is -0.628. The lowest BCUT2D eigenvalue weighted by molar-refractivity contribution is -0.190. The van der Waals surface area contributed by atoms with Crippen LogP contribution in [0.1, 0.15) is 45.1 Å². The maximum Gasteiger partial charge on any atom is 0.347 e. The second-order valence-electron chi connectivity index (χ2n) is 7.22. The molecule has 2 fully saturated rings. The summed E-state index contributed by atoms with van der Waals surface area (Å²) in [6, 6.07) is 9.48. The Labute approximate surface area is 136 Å². The zero-order valence-electron chi connectivity index (χ0n) is 13.8. The molecule has 1 aromatic carbocycles. The lowest BCUT2D eigenvalue weighted by atomic mass is 9.77. The number of hydrogen-bond donors (Lipinski definition) is 0. The molecule has 0 unspecified atom stereocenters. The molecule has 0 spiro atoms. The van der Waals surface area contributed by atoms with Crippen LogP contribution in [0.5, 0.6) is 0 Å². The van der Waals surface area contributed by atoms with Crippen LogP contribution in [0.3, 0.4) is 0 Å². The van der Waals surface area contributed by atoms with Crippen LogP contribution in [-0.4, -0.2) is 29.1 Å². The van der Waals surface area contributed by atoms with E-state index in [-0.39, 0.29) is 11.9 Å². The van der Waals surface area contributed by atoms with Crippen molar-refractivity contribution in [3.8, 4) is 0 Å². The number of benzene rings is 1. The fourth-order valence-corrected chi connectivity index (χ4v) is 3.46. The van der Waals surface area contributed by atoms with E-state index in [1.807, 2.05) is 30.3 Å². The van der Waals surface area contributed by atoms with Gasteiger partial charge in [-0.15, -0.1) is 0 Å². The van der Waals surface area contributed by atoms with E-state index in [1.54, 1.807) is 20.8 Å². The molecule has 4 nitrogen and oxygen atoms in total. The second-order valence-corrected chi connectivity index (χ2v) is 7.22. The molecule has 0 aliphatic carbocycles. The second kappa shape index (κ2) is 5.31. The Hall–Kier alpha value is -1.94. The maximum atomic E-state index is 12.9. The number of ether oxygens (including phenoxy) is 2. The Bertz CT molecular complexity index is 656. The van der Waals surface area contributed by atoms with Gasteiger partial charge >= 0.3 is 5.97 Å². The quantitative estimate of drug-likeness (QED) is 0.478. The molecule has 0 N–H and O–H groups in total. The minimum Gasteiger partial charge on any atom is -0.457 e. The number of hydrogen-bond acceptors (Lipinski definition) is 4. The van der Waals surface area contributed by atoms with Crippen molar-refractivity contribution < 1.29 is 19.1 Å². The fourth-order valence-electron chi connectivity index (χ4n) is 3.46. The molecule has 0 radical (unpaired) electrons. The van der Waals surface area contributed by atoms with Crippen molar-refractivity contribution in [2.75, 3.05) is 0 Å². The van der Waals surface area contributed by atoms with E-state index in [1.165, 1.54) is 0 Å². The normalized spacial score (nSPS) is 30.4. The number of fused-ring (bicyclic) bond motifs is 2. The smallest absolute Gasteiger partial charge is 0.347 e. The SMILES string of the molecule is C=C1[C@H]2CCC(=O)[C@](C(=O)OC(C)(C)C)(O2)[C@@H]1c1ccccc1. The summed E-state index contributed by atoms with van der Waals surface area (Å²) in [4.78, 5) is 25.7. The largest absolute Gasteiger partial charge is 0.457 e. The highest BCUT2D eigenvalue weighted by atomic mass is 16.6. The molecule has 122 valence electrons. The molecule has 3 atom stereocenters. The summed E-state index contributed by atoms with van der Waals surface area (Å²) in [5.74, 6) is -1.30. The molecule has 0 aromatic heterocycles. The van der Waals surface area contributed by atoms with E-state index < -0.39 is 23.1 Å². The monoisotopic (exact) mass is 314 g/mol. The molecule has 2 aliphatic rings. The van der Waals surface area contributed by atoms with E-state index in [0.717, 1.165) is 11.1 Å². The fraction of sp³-hybridized carbons (Fsp3) is 0.474. The lowest BCUT2D eigenvalue weighted by Crippen LogP contribution is -2.54. The first-order valence-electron chi connectivity index (χ1n) is 7.94. The Morgan fingerprint density at radius 2 is 1.96 bits per heavy atom. The molecule has 2 aliphatic heterocycles. The van der Waals surface area contributed by atoms with Crippen LogP contribution in [0, 0.1) is 0 Å². The van der Waals surface area contributed by atoms with Crippen molar-refractivity contribution in [3.63, 3.8) is 0 Å². The molecule has 3 rings (SSSR count). The first kappa shape index (κ1) is 15.9. The predicted molar refractivity (Wildman–Crippen MR) is 86.0 cm³/mol. The molecule has 0 saturated carbocycles. The highest BCUT2D eigenvalue weighted by Gasteiger charge is 2.64. The van der Waals surface area contributed by atoms with E-state index in [0.29, 0.717) is 12.8 Å². The van der Waals surface area contributed by atoms with E-state index in [4.69, 9.17) is 9.47 Å². The molecule has 2 saturated heterocycles. The maximum absolute atomic E-state index is 12.9. The number of Topliss-reactive ketones (excluding diaryl/α,β-unsaturated/α-hetero) is 1. The minimum atomic E-state index is -1.59. The van der Waals surface area contributed by atoms with E-state index in [9.17, 15) is 9.59 Å². The third-order valence-electron chi connectivity index (χ3n) is 4.40. The first-order valence-corrected chi connectivity index (χ1v) is 7.94. The summed E-state index contributed by atoms with van der Waals surface area (Å²) in [5, 5.41) is 0. The van der Waals surface area contributed by atoms with Crippen LogP contribution in [0.4, 0.5) is 0 Å². The van der Waals surface area contributed by atoms with E-state index in [2.05, 4.69) is 6.58 Å². The molecular formula is C19H22O4. The summed E-state index contributed by atoms with van der Waals surface area (Å²) < 4.78 is 11.5. The van der Waals surface area contributed by atoms with Crippen molar-refractivity contribution in [2.24, 2.45) is 0 Å². The van der Waals surface area contributed by atoms with Gasteiger partial charge in [0.1, 0.15) is 5.60 Å². The van der Waals surface area contributed by atoms with Crippen LogP contribution >= 0.6 is 0 Å². The van der Waals surface area contributed by atoms with Gasteiger partial charge in [0.2, 0.25) is 5.60 Å². The van der Waals surface area contributed by atoms with Crippen molar-refractivity contribution >= 4 is 11.8 Å². The van der Waals surface area contributed by atoms with Crippen molar-refractivity contribution in [2.45, 2.75) is 56.8 Å². The molecule has 4 heteroatoms. The van der Waals surface area contributed by atoms with Gasteiger partial charge in [-0.1, -0.05) is 36.9 Å². The van der Waals surface area contributed by atoms with Gasteiger partial charge in [-0.3, -0.25) is 4.79 Å². The molecule has 0 amide bonds. The summed E-state index contributed by atoms with van der Waals surface area (Å²) in [7, 11) is 0. The number of carbonyl (C=O) groups excluding carboxylic acids is 2. The summed E-state index contributed by atoms with van der Waals surface area (Å²) in [6.07, 6.45) is 0.614. The highest BCUT2D eigenvalue weighted by Crippen LogP contribution is 2.52. The number of ketones is 1. The molecule has 2 bridgehead atoms. The Morgan fingerprint density at radius 1 is 1.30 bits per heavy atom. The lowest BCUT2D eigenvalue weighted by Gasteiger charge is -2.35. The zero-order valence-corrected chi connectivity index (χ0v) is 13.8. The van der Waals surface area contributed by atoms with Crippen LogP contribution in [0.25, 0.3) is 0 Å². The zero-order chi connectivity index (χ0) is 16.8. The average Bonchev–Trinajstić information content (AvgIpc) is 2.73. The summed E-state index contributed by atoms with van der Waals surface area (Å²) in [6.45, 7) is 9.48. The van der Waals surface area contributed by atoms with Crippen molar-refractivity contribution in [1.82, 2.24) is 0 Å². The standard InChI is InChI=1S/C19H22O4/c1-12-14-10-11-15(20)19(22-14,17(21)23-18(2,3)4)16(12)13-8-6-5-7-9-13/h5-9,14,16H,1,10-11H2,2-4H3/t14-,16+,19+/m1/s1. The van der Waals surface area contributed by atoms with Gasteiger partial charge in [-0.2, -0.15) is 0 Å². The highest BCUT2D eigenvalue weighted by molar-refractivity contribution is 6.10. The molecule has 23 heavy (non-hydrogen) atoms. The third-order valence-corrected chi connectivity index (χ3v) is 4.40.